The first-order valence-electron chi connectivity index (χ1n) is 6.80. The summed E-state index contributed by atoms with van der Waals surface area (Å²) in [6.45, 7) is 8.04. The summed E-state index contributed by atoms with van der Waals surface area (Å²) in [6, 6.07) is 3.88. The average molecular weight is 258 g/mol. The van der Waals surface area contributed by atoms with Crippen LogP contribution in [0.5, 0.6) is 0 Å². The molecule has 100 valence electrons. The number of hydrogen-bond acceptors (Lipinski definition) is 1. The van der Waals surface area contributed by atoms with Crippen molar-refractivity contribution in [3.63, 3.8) is 0 Å². The molecule has 0 saturated heterocycles. The number of hydrogen-bond donors (Lipinski definition) is 0. The molecule has 1 aromatic carbocycles. The Morgan fingerprint density at radius 1 is 1.53 bits per heavy atom. The molecule has 0 N–H and O–H groups in total. The molecule has 0 aromatic heterocycles. The zero-order valence-electron chi connectivity index (χ0n) is 11.7. The summed E-state index contributed by atoms with van der Waals surface area (Å²) in [5, 5.41) is 0. The molecule has 1 nitrogen and oxygen atoms in total. The second-order valence-electron chi connectivity index (χ2n) is 5.41. The lowest BCUT2D eigenvalue weighted by Gasteiger charge is -2.11. The third kappa shape index (κ3) is 3.20. The van der Waals surface area contributed by atoms with Crippen molar-refractivity contribution in [2.24, 2.45) is 5.92 Å². The first-order chi connectivity index (χ1) is 9.04. The standard InChI is InChI=1S/C16H20BFO/c1-10(2)19-7-6-12-8-14(12)13-5-4-11(3)16(18)15(13)9-17/h4-5,12,14H,1,6-9H2,2-3H3/t12-,14+/m0/s1. The van der Waals surface area contributed by atoms with Crippen LogP contribution in [0.15, 0.2) is 24.5 Å². The van der Waals surface area contributed by atoms with Gasteiger partial charge in [0.2, 0.25) is 0 Å². The normalized spacial score (nSPS) is 21.2. The molecule has 1 fully saturated rings. The summed E-state index contributed by atoms with van der Waals surface area (Å²) in [4.78, 5) is 0. The Bertz CT molecular complexity index is 484. The molecule has 2 atom stereocenters. The molecule has 3 heteroatoms. The van der Waals surface area contributed by atoms with Gasteiger partial charge in [-0.3, -0.25) is 0 Å². The fraction of sp³-hybridized carbons (Fsp3) is 0.500. The highest BCUT2D eigenvalue weighted by Crippen LogP contribution is 2.51. The number of ether oxygens (including phenoxy) is 1. The van der Waals surface area contributed by atoms with Gasteiger partial charge in [0.25, 0.3) is 0 Å². The van der Waals surface area contributed by atoms with E-state index in [1.54, 1.807) is 6.92 Å². The summed E-state index contributed by atoms with van der Waals surface area (Å²) < 4.78 is 19.4. The van der Waals surface area contributed by atoms with Gasteiger partial charge >= 0.3 is 0 Å². The quantitative estimate of drug-likeness (QED) is 0.556. The molecule has 2 rings (SSSR count). The Hall–Kier alpha value is -1.25. The van der Waals surface area contributed by atoms with Gasteiger partial charge in [0, 0.05) is 0 Å². The molecule has 0 unspecified atom stereocenters. The molecular weight excluding hydrogens is 238 g/mol. The maximum Gasteiger partial charge on any atom is 0.128 e. The van der Waals surface area contributed by atoms with Crippen molar-refractivity contribution in [2.75, 3.05) is 6.61 Å². The van der Waals surface area contributed by atoms with Crippen LogP contribution < -0.4 is 0 Å². The van der Waals surface area contributed by atoms with Crippen LogP contribution in [0, 0.1) is 18.7 Å². The van der Waals surface area contributed by atoms with Crippen LogP contribution in [-0.2, 0) is 11.1 Å². The molecule has 0 bridgehead atoms. The molecule has 0 spiro atoms. The van der Waals surface area contributed by atoms with Crippen molar-refractivity contribution < 1.29 is 9.13 Å². The van der Waals surface area contributed by atoms with Gasteiger partial charge in [0.05, 0.1) is 20.2 Å². The molecule has 1 aromatic rings. The van der Waals surface area contributed by atoms with E-state index < -0.39 is 0 Å². The van der Waals surface area contributed by atoms with E-state index in [0.29, 0.717) is 29.6 Å². The van der Waals surface area contributed by atoms with Gasteiger partial charge in [-0.05, 0) is 55.2 Å². The number of aryl methyl sites for hydroxylation is 1. The SMILES string of the molecule is [B]Cc1c([C@@H]2C[C@@H]2CCOC(=C)C)ccc(C)c1F. The monoisotopic (exact) mass is 258 g/mol. The zero-order chi connectivity index (χ0) is 14.0. The maximum atomic E-state index is 14.0. The Morgan fingerprint density at radius 3 is 2.89 bits per heavy atom. The van der Waals surface area contributed by atoms with Gasteiger partial charge in [-0.15, -0.1) is 0 Å². The molecular formula is C16H20BFO. The smallest absolute Gasteiger partial charge is 0.128 e. The van der Waals surface area contributed by atoms with Gasteiger partial charge in [-0.2, -0.15) is 0 Å². The van der Waals surface area contributed by atoms with Crippen LogP contribution in [0.25, 0.3) is 0 Å². The molecule has 0 amide bonds. The van der Waals surface area contributed by atoms with Crippen LogP contribution in [-0.4, -0.2) is 14.5 Å². The lowest BCUT2D eigenvalue weighted by Crippen LogP contribution is -2.01. The lowest BCUT2D eigenvalue weighted by atomic mass is 9.88. The molecule has 19 heavy (non-hydrogen) atoms. The highest BCUT2D eigenvalue weighted by Gasteiger charge is 2.39. The fourth-order valence-corrected chi connectivity index (χ4v) is 2.64. The topological polar surface area (TPSA) is 9.23 Å². The van der Waals surface area contributed by atoms with Gasteiger partial charge in [-0.1, -0.05) is 25.0 Å². The minimum atomic E-state index is -0.135. The second kappa shape index (κ2) is 5.81. The van der Waals surface area contributed by atoms with Crippen LogP contribution in [0.2, 0.25) is 0 Å². The van der Waals surface area contributed by atoms with Crippen molar-refractivity contribution >= 4 is 7.85 Å². The Labute approximate surface area is 116 Å². The van der Waals surface area contributed by atoms with E-state index >= 15 is 0 Å². The maximum absolute atomic E-state index is 14.0. The van der Waals surface area contributed by atoms with E-state index in [1.807, 2.05) is 19.1 Å². The third-order valence-electron chi connectivity index (χ3n) is 3.84. The highest BCUT2D eigenvalue weighted by molar-refractivity contribution is 6.08. The lowest BCUT2D eigenvalue weighted by molar-refractivity contribution is 0.205. The van der Waals surface area contributed by atoms with Crippen molar-refractivity contribution in [3.8, 4) is 0 Å². The molecule has 1 saturated carbocycles. The average Bonchev–Trinajstić information content (AvgIpc) is 3.11. The number of halogens is 1. The van der Waals surface area contributed by atoms with Crippen LogP contribution >= 0.6 is 0 Å². The molecule has 1 aliphatic rings. The van der Waals surface area contributed by atoms with E-state index in [9.17, 15) is 4.39 Å². The van der Waals surface area contributed by atoms with E-state index in [4.69, 9.17) is 12.6 Å². The number of benzene rings is 1. The van der Waals surface area contributed by atoms with E-state index in [1.165, 1.54) is 0 Å². The third-order valence-corrected chi connectivity index (χ3v) is 3.84. The first kappa shape index (κ1) is 14.2. The Kier molecular flexibility index (Phi) is 4.33. The summed E-state index contributed by atoms with van der Waals surface area (Å²) in [7, 11) is 5.69. The molecule has 0 aliphatic heterocycles. The minimum Gasteiger partial charge on any atom is -0.499 e. The predicted octanol–water partition coefficient (Wildman–Crippen LogP) is 3.85. The zero-order valence-corrected chi connectivity index (χ0v) is 11.7. The summed E-state index contributed by atoms with van der Waals surface area (Å²) in [5.41, 5.74) is 2.45. The Balaban J connectivity index is 2.01. The van der Waals surface area contributed by atoms with Gasteiger partial charge in [-0.25, -0.2) is 4.39 Å². The molecule has 2 radical (unpaired) electrons. The number of allylic oxidation sites excluding steroid dienone is 1. The van der Waals surface area contributed by atoms with Gasteiger partial charge in [0.15, 0.2) is 0 Å². The largest absolute Gasteiger partial charge is 0.499 e. The van der Waals surface area contributed by atoms with Gasteiger partial charge in [0.1, 0.15) is 5.82 Å². The molecule has 1 aliphatic carbocycles. The first-order valence-corrected chi connectivity index (χ1v) is 6.80. The van der Waals surface area contributed by atoms with E-state index in [-0.39, 0.29) is 12.1 Å². The number of rotatable bonds is 6. The Morgan fingerprint density at radius 2 is 2.26 bits per heavy atom. The van der Waals surface area contributed by atoms with Crippen molar-refractivity contribution in [1.29, 1.82) is 0 Å². The summed E-state index contributed by atoms with van der Waals surface area (Å²) >= 11 is 0. The van der Waals surface area contributed by atoms with Gasteiger partial charge < -0.3 is 4.74 Å². The van der Waals surface area contributed by atoms with Crippen molar-refractivity contribution in [3.05, 3.63) is 47.0 Å². The van der Waals surface area contributed by atoms with Crippen molar-refractivity contribution in [1.82, 2.24) is 0 Å². The van der Waals surface area contributed by atoms with Crippen LogP contribution in [0.3, 0.4) is 0 Å². The van der Waals surface area contributed by atoms with Crippen LogP contribution in [0.1, 0.15) is 42.4 Å². The minimum absolute atomic E-state index is 0.135. The van der Waals surface area contributed by atoms with Crippen LogP contribution in [0.4, 0.5) is 4.39 Å². The van der Waals surface area contributed by atoms with Crippen molar-refractivity contribution in [2.45, 2.75) is 38.9 Å². The second-order valence-corrected chi connectivity index (χ2v) is 5.41. The highest BCUT2D eigenvalue weighted by atomic mass is 19.1. The predicted molar refractivity (Wildman–Crippen MR) is 76.8 cm³/mol. The fourth-order valence-electron chi connectivity index (χ4n) is 2.64. The summed E-state index contributed by atoms with van der Waals surface area (Å²) in [6.07, 6.45) is 2.38. The summed E-state index contributed by atoms with van der Waals surface area (Å²) in [5.74, 6) is 1.65. The van der Waals surface area contributed by atoms with E-state index in [2.05, 4.69) is 6.58 Å². The molecule has 0 heterocycles. The van der Waals surface area contributed by atoms with E-state index in [0.717, 1.165) is 24.2 Å².